The normalized spacial score (nSPS) is 16.9. The fourth-order valence-corrected chi connectivity index (χ4v) is 2.43. The van der Waals surface area contributed by atoms with Crippen molar-refractivity contribution in [2.24, 2.45) is 4.99 Å². The topological polar surface area (TPSA) is 93.0 Å². The van der Waals surface area contributed by atoms with Crippen LogP contribution in [-0.4, -0.2) is 31.1 Å². The quantitative estimate of drug-likeness (QED) is 0.871. The molecule has 0 amide bonds. The average Bonchev–Trinajstić information content (AvgIpc) is 2.63. The fraction of sp³-hybridized carbons (Fsp3) is 0.0909. The van der Waals surface area contributed by atoms with Crippen LogP contribution in [0.4, 0.5) is 0 Å². The molecule has 0 atom stereocenters. The van der Waals surface area contributed by atoms with Crippen molar-refractivity contribution in [1.29, 1.82) is 0 Å². The first-order chi connectivity index (χ1) is 8.51. The number of hydrogen-bond acceptors (Lipinski definition) is 5. The van der Waals surface area contributed by atoms with E-state index in [1.165, 1.54) is 0 Å². The molecule has 1 N–H and O–H groups in total. The Morgan fingerprint density at radius 1 is 1.28 bits per heavy atom. The minimum Gasteiger partial charge on any atom is -0.488 e. The highest BCUT2D eigenvalue weighted by Gasteiger charge is 2.35. The van der Waals surface area contributed by atoms with Gasteiger partial charge in [0.2, 0.25) is 14.9 Å². The summed E-state index contributed by atoms with van der Waals surface area (Å²) in [6.45, 7) is -0.243. The number of hydrogen-bond donors (Lipinski definition) is 1. The van der Waals surface area contributed by atoms with E-state index in [1.807, 2.05) is 0 Å². The number of carbonyl (C=O) groups is 1. The molecule has 2 rings (SSSR count). The first-order valence-corrected chi connectivity index (χ1v) is 6.43. The van der Waals surface area contributed by atoms with Crippen molar-refractivity contribution >= 4 is 20.9 Å². The van der Waals surface area contributed by atoms with Crippen molar-refractivity contribution in [3.05, 3.63) is 41.4 Å². The molecule has 7 heteroatoms. The maximum Gasteiger partial charge on any atom is 0.366 e. The van der Waals surface area contributed by atoms with Gasteiger partial charge in [-0.3, -0.25) is 0 Å². The van der Waals surface area contributed by atoms with Gasteiger partial charge < -0.3 is 9.84 Å². The number of ether oxygens (including phenoxy) is 1. The number of nitrogens with zero attached hydrogens (tertiary/aromatic N) is 1. The van der Waals surface area contributed by atoms with Gasteiger partial charge in [-0.25, -0.2) is 18.2 Å². The van der Waals surface area contributed by atoms with Crippen molar-refractivity contribution in [2.75, 3.05) is 6.61 Å². The lowest BCUT2D eigenvalue weighted by Gasteiger charge is -2.06. The van der Waals surface area contributed by atoms with E-state index >= 15 is 0 Å². The first-order valence-electron chi connectivity index (χ1n) is 4.95. The predicted molar refractivity (Wildman–Crippen MR) is 64.0 cm³/mol. The van der Waals surface area contributed by atoms with Gasteiger partial charge >= 0.3 is 5.97 Å². The van der Waals surface area contributed by atoms with Gasteiger partial charge in [-0.1, -0.05) is 18.2 Å². The van der Waals surface area contributed by atoms with E-state index in [-0.39, 0.29) is 11.5 Å². The van der Waals surface area contributed by atoms with Crippen LogP contribution < -0.4 is 4.74 Å². The Balaban J connectivity index is 2.08. The van der Waals surface area contributed by atoms with Gasteiger partial charge in [0.25, 0.3) is 0 Å². The summed E-state index contributed by atoms with van der Waals surface area (Å²) in [5, 5.41) is 7.80. The number of aliphatic imine (C=N–C) groups is 1. The molecular formula is C11H9NO5S. The summed E-state index contributed by atoms with van der Waals surface area (Å²) in [5.74, 6) is -1.07. The molecule has 1 aromatic carbocycles. The standard InChI is InChI=1S/C11H9NO5S/c13-11(14)10-12-6-9(18(10,15)16)7-17-8-4-2-1-3-5-8/h1-6H,7H2,(H,13,14). The Hall–Kier alpha value is -2.15. The zero-order chi connectivity index (χ0) is 13.2. The summed E-state index contributed by atoms with van der Waals surface area (Å²) in [7, 11) is -4.01. The van der Waals surface area contributed by atoms with Crippen LogP contribution in [0.1, 0.15) is 0 Å². The summed E-state index contributed by atoms with van der Waals surface area (Å²) in [5.41, 5.74) is 0. The highest BCUT2D eigenvalue weighted by Crippen LogP contribution is 2.19. The number of sulfone groups is 1. The Morgan fingerprint density at radius 3 is 2.50 bits per heavy atom. The van der Waals surface area contributed by atoms with Crippen molar-refractivity contribution in [2.45, 2.75) is 0 Å². The van der Waals surface area contributed by atoms with E-state index in [4.69, 9.17) is 9.84 Å². The summed E-state index contributed by atoms with van der Waals surface area (Å²) >= 11 is 0. The number of benzene rings is 1. The number of carboxylic acid groups (broad SMARTS) is 1. The highest BCUT2D eigenvalue weighted by atomic mass is 32.2. The molecule has 1 aliphatic heterocycles. The van der Waals surface area contributed by atoms with Crippen LogP contribution in [0.5, 0.6) is 5.75 Å². The maximum atomic E-state index is 11.7. The third-order valence-electron chi connectivity index (χ3n) is 2.23. The minimum atomic E-state index is -4.01. The Kier molecular flexibility index (Phi) is 3.15. The molecule has 1 heterocycles. The molecule has 6 nitrogen and oxygen atoms in total. The van der Waals surface area contributed by atoms with Crippen LogP contribution in [0.2, 0.25) is 0 Å². The second-order valence-corrected chi connectivity index (χ2v) is 5.36. The van der Waals surface area contributed by atoms with Gasteiger partial charge in [0, 0.05) is 6.20 Å². The first kappa shape index (κ1) is 12.3. The van der Waals surface area contributed by atoms with Crippen molar-refractivity contribution < 1.29 is 23.1 Å². The van der Waals surface area contributed by atoms with Crippen LogP contribution in [0, 0.1) is 0 Å². The number of para-hydroxylation sites is 1. The molecular weight excluding hydrogens is 258 g/mol. The molecule has 0 saturated carbocycles. The van der Waals surface area contributed by atoms with Gasteiger partial charge in [-0.2, -0.15) is 0 Å². The van der Waals surface area contributed by atoms with Crippen LogP contribution in [0.15, 0.2) is 46.4 Å². The summed E-state index contributed by atoms with van der Waals surface area (Å²) in [4.78, 5) is 13.9. The second kappa shape index (κ2) is 4.61. The van der Waals surface area contributed by atoms with Gasteiger partial charge in [-0.15, -0.1) is 0 Å². The smallest absolute Gasteiger partial charge is 0.366 e. The lowest BCUT2D eigenvalue weighted by Crippen LogP contribution is -2.24. The number of carboxylic acids is 1. The van der Waals surface area contributed by atoms with E-state index < -0.39 is 20.9 Å². The second-order valence-electron chi connectivity index (χ2n) is 3.44. The van der Waals surface area contributed by atoms with E-state index in [9.17, 15) is 13.2 Å². The summed E-state index contributed by atoms with van der Waals surface area (Å²) in [6.07, 6.45) is 1.00. The maximum absolute atomic E-state index is 11.7. The molecule has 0 unspecified atom stereocenters. The van der Waals surface area contributed by atoms with Crippen molar-refractivity contribution in [1.82, 2.24) is 0 Å². The van der Waals surface area contributed by atoms with E-state index in [0.717, 1.165) is 6.20 Å². The average molecular weight is 267 g/mol. The molecule has 0 aromatic heterocycles. The summed E-state index contributed by atoms with van der Waals surface area (Å²) in [6, 6.07) is 8.62. The molecule has 0 fully saturated rings. The molecule has 0 radical (unpaired) electrons. The van der Waals surface area contributed by atoms with Crippen LogP contribution in [-0.2, 0) is 14.6 Å². The molecule has 1 aromatic rings. The van der Waals surface area contributed by atoms with Crippen LogP contribution in [0.25, 0.3) is 0 Å². The molecule has 0 aliphatic carbocycles. The molecule has 1 aliphatic rings. The van der Waals surface area contributed by atoms with Gasteiger partial charge in [0.15, 0.2) is 0 Å². The van der Waals surface area contributed by atoms with Crippen LogP contribution in [0.3, 0.4) is 0 Å². The third kappa shape index (κ3) is 2.25. The zero-order valence-electron chi connectivity index (χ0n) is 9.11. The summed E-state index contributed by atoms with van der Waals surface area (Å²) < 4.78 is 28.6. The highest BCUT2D eigenvalue weighted by molar-refractivity contribution is 8.11. The Labute approximate surface area is 103 Å². The van der Waals surface area contributed by atoms with E-state index in [0.29, 0.717) is 5.75 Å². The SMILES string of the molecule is O=C(O)C1=NC=C(COc2ccccc2)S1(=O)=O. The largest absolute Gasteiger partial charge is 0.488 e. The number of rotatable bonds is 4. The molecule has 0 saturated heterocycles. The van der Waals surface area contributed by atoms with Gasteiger partial charge in [0.1, 0.15) is 17.3 Å². The fourth-order valence-electron chi connectivity index (χ4n) is 1.35. The lowest BCUT2D eigenvalue weighted by molar-refractivity contribution is -0.129. The van der Waals surface area contributed by atoms with E-state index in [2.05, 4.69) is 4.99 Å². The predicted octanol–water partition coefficient (Wildman–Crippen LogP) is 0.818. The molecule has 0 spiro atoms. The van der Waals surface area contributed by atoms with Crippen LogP contribution >= 0.6 is 0 Å². The number of aliphatic carboxylic acids is 1. The Bertz CT molecular complexity index is 631. The van der Waals surface area contributed by atoms with E-state index in [1.54, 1.807) is 30.3 Å². The lowest BCUT2D eigenvalue weighted by atomic mass is 10.3. The van der Waals surface area contributed by atoms with Crippen molar-refractivity contribution in [3.63, 3.8) is 0 Å². The molecule has 0 bridgehead atoms. The third-order valence-corrected chi connectivity index (χ3v) is 3.94. The van der Waals surface area contributed by atoms with Gasteiger partial charge in [-0.05, 0) is 12.1 Å². The van der Waals surface area contributed by atoms with Crippen molar-refractivity contribution in [3.8, 4) is 5.75 Å². The molecule has 94 valence electrons. The van der Waals surface area contributed by atoms with Gasteiger partial charge in [0.05, 0.1) is 0 Å². The monoisotopic (exact) mass is 267 g/mol. The Morgan fingerprint density at radius 2 is 1.94 bits per heavy atom. The molecule has 18 heavy (non-hydrogen) atoms. The zero-order valence-corrected chi connectivity index (χ0v) is 9.92. The minimum absolute atomic E-state index is 0.163.